The van der Waals surface area contributed by atoms with Gasteiger partial charge in [0.2, 0.25) is 5.76 Å². The van der Waals surface area contributed by atoms with Gasteiger partial charge in [0.15, 0.2) is 11.2 Å². The third-order valence-electron chi connectivity index (χ3n) is 5.79. The lowest BCUT2D eigenvalue weighted by Crippen LogP contribution is -2.29. The number of rotatable bonds is 2. The standard InChI is InChI=1S/C25H15ClN2O4/c1-13-11-19(27-32-13)28-21(15-6-4-7-16(26)12-15)20-22(29)18-10-9-14-5-2-3-8-17(14)23(18)31-24(20)25(28)30/h2-12,21H,1H3/t21-/m1/s1. The highest BCUT2D eigenvalue weighted by atomic mass is 35.5. The van der Waals surface area contributed by atoms with Gasteiger partial charge in [-0.05, 0) is 36.1 Å². The molecule has 1 aliphatic rings. The number of anilines is 1. The summed E-state index contributed by atoms with van der Waals surface area (Å²) in [6, 6.07) is 19.2. The van der Waals surface area contributed by atoms with E-state index in [0.717, 1.165) is 10.8 Å². The first-order valence-electron chi connectivity index (χ1n) is 10.0. The van der Waals surface area contributed by atoms with E-state index in [9.17, 15) is 9.59 Å². The largest absolute Gasteiger partial charge is 0.450 e. The zero-order chi connectivity index (χ0) is 22.0. The number of nitrogens with zero attached hydrogens (tertiary/aromatic N) is 2. The maximum atomic E-state index is 13.7. The van der Waals surface area contributed by atoms with Crippen LogP contribution < -0.4 is 10.3 Å². The second-order valence-corrected chi connectivity index (χ2v) is 8.20. The van der Waals surface area contributed by atoms with Crippen LogP contribution in [0.1, 0.15) is 33.5 Å². The molecule has 7 heteroatoms. The van der Waals surface area contributed by atoms with Crippen LogP contribution in [0.4, 0.5) is 5.82 Å². The van der Waals surface area contributed by atoms with Gasteiger partial charge in [-0.1, -0.05) is 59.2 Å². The first-order valence-corrected chi connectivity index (χ1v) is 10.4. The number of halogens is 1. The second kappa shape index (κ2) is 6.80. The maximum absolute atomic E-state index is 13.7. The fraction of sp³-hybridized carbons (Fsp3) is 0.0800. The summed E-state index contributed by atoms with van der Waals surface area (Å²) in [5.41, 5.74) is 1.08. The van der Waals surface area contributed by atoms with E-state index in [1.807, 2.05) is 36.4 Å². The van der Waals surface area contributed by atoms with Crippen molar-refractivity contribution in [2.75, 3.05) is 4.90 Å². The summed E-state index contributed by atoms with van der Waals surface area (Å²) in [6.45, 7) is 1.74. The van der Waals surface area contributed by atoms with Gasteiger partial charge in [-0.2, -0.15) is 0 Å². The fourth-order valence-electron chi connectivity index (χ4n) is 4.40. The van der Waals surface area contributed by atoms with Gasteiger partial charge in [0, 0.05) is 16.5 Å². The molecule has 0 aliphatic carbocycles. The molecule has 0 radical (unpaired) electrons. The highest BCUT2D eigenvalue weighted by Gasteiger charge is 2.45. The molecule has 1 aliphatic heterocycles. The second-order valence-electron chi connectivity index (χ2n) is 7.77. The summed E-state index contributed by atoms with van der Waals surface area (Å²) in [7, 11) is 0. The lowest BCUT2D eigenvalue weighted by Gasteiger charge is -2.22. The molecule has 0 saturated carbocycles. The molecule has 6 rings (SSSR count). The number of hydrogen-bond acceptors (Lipinski definition) is 5. The number of aromatic nitrogens is 1. The molecule has 0 spiro atoms. The van der Waals surface area contributed by atoms with Crippen molar-refractivity contribution >= 4 is 45.1 Å². The lowest BCUT2D eigenvalue weighted by atomic mass is 9.97. The topological polar surface area (TPSA) is 76.6 Å². The van der Waals surface area contributed by atoms with Gasteiger partial charge in [0.25, 0.3) is 5.91 Å². The van der Waals surface area contributed by atoms with Crippen LogP contribution in [0.25, 0.3) is 21.7 Å². The minimum absolute atomic E-state index is 0.00415. The normalized spacial score (nSPS) is 15.6. The van der Waals surface area contributed by atoms with E-state index >= 15 is 0 Å². The molecule has 156 valence electrons. The number of amides is 1. The molecule has 2 aromatic heterocycles. The zero-order valence-corrected chi connectivity index (χ0v) is 17.6. The van der Waals surface area contributed by atoms with Crippen molar-refractivity contribution in [2.24, 2.45) is 0 Å². The van der Waals surface area contributed by atoms with Crippen molar-refractivity contribution in [3.05, 3.63) is 105 Å². The molecular formula is C25H15ClN2O4. The molecule has 3 heterocycles. The summed E-state index contributed by atoms with van der Waals surface area (Å²) in [5, 5.41) is 6.64. The molecular weight excluding hydrogens is 428 g/mol. The Hall–Kier alpha value is -3.90. The lowest BCUT2D eigenvalue weighted by molar-refractivity contribution is 0.0969. The van der Waals surface area contributed by atoms with Crippen LogP contribution in [-0.4, -0.2) is 11.1 Å². The van der Waals surface area contributed by atoms with Gasteiger partial charge in [-0.25, -0.2) is 0 Å². The van der Waals surface area contributed by atoms with Gasteiger partial charge in [0.1, 0.15) is 11.3 Å². The molecule has 1 atom stereocenters. The number of aryl methyl sites for hydroxylation is 1. The molecule has 6 nitrogen and oxygen atoms in total. The molecule has 0 bridgehead atoms. The fourth-order valence-corrected chi connectivity index (χ4v) is 4.59. The molecule has 1 amide bonds. The van der Waals surface area contributed by atoms with Gasteiger partial charge in [-0.15, -0.1) is 0 Å². The summed E-state index contributed by atoms with van der Waals surface area (Å²) in [5.74, 6) is 0.399. The number of carbonyl (C=O) groups excluding carboxylic acids is 1. The van der Waals surface area contributed by atoms with Gasteiger partial charge in [0.05, 0.1) is 17.0 Å². The van der Waals surface area contributed by atoms with E-state index in [1.165, 1.54) is 4.90 Å². The molecule has 0 saturated heterocycles. The van der Waals surface area contributed by atoms with Crippen molar-refractivity contribution in [2.45, 2.75) is 13.0 Å². The number of carbonyl (C=O) groups is 1. The van der Waals surface area contributed by atoms with Crippen LogP contribution in [0.15, 0.2) is 80.5 Å². The van der Waals surface area contributed by atoms with Crippen LogP contribution in [0, 0.1) is 6.92 Å². The van der Waals surface area contributed by atoms with Crippen LogP contribution in [0.2, 0.25) is 5.02 Å². The number of hydrogen-bond donors (Lipinski definition) is 0. The van der Waals surface area contributed by atoms with E-state index in [0.29, 0.717) is 33.1 Å². The van der Waals surface area contributed by atoms with E-state index in [4.69, 9.17) is 20.5 Å². The quantitative estimate of drug-likeness (QED) is 0.330. The highest BCUT2D eigenvalue weighted by molar-refractivity contribution is 6.30. The summed E-state index contributed by atoms with van der Waals surface area (Å²) < 4.78 is 11.4. The SMILES string of the molecule is Cc1cc(N2C(=O)c3oc4c(ccc5ccccc54)c(=O)c3[C@H]2c2cccc(Cl)c2)no1. The Kier molecular flexibility index (Phi) is 4.00. The molecule has 0 N–H and O–H groups in total. The predicted molar refractivity (Wildman–Crippen MR) is 121 cm³/mol. The van der Waals surface area contributed by atoms with Crippen LogP contribution in [0.3, 0.4) is 0 Å². The van der Waals surface area contributed by atoms with Gasteiger partial charge in [-0.3, -0.25) is 14.5 Å². The van der Waals surface area contributed by atoms with E-state index in [1.54, 1.807) is 37.3 Å². The zero-order valence-electron chi connectivity index (χ0n) is 16.8. The molecule has 3 aromatic carbocycles. The third kappa shape index (κ3) is 2.63. The molecule has 32 heavy (non-hydrogen) atoms. The Morgan fingerprint density at radius 3 is 2.59 bits per heavy atom. The van der Waals surface area contributed by atoms with Crippen molar-refractivity contribution in [1.82, 2.24) is 5.16 Å². The van der Waals surface area contributed by atoms with Gasteiger partial charge < -0.3 is 8.94 Å². The van der Waals surface area contributed by atoms with E-state index in [-0.39, 0.29) is 16.8 Å². The predicted octanol–water partition coefficient (Wildman–Crippen LogP) is 5.65. The Labute approximate surface area is 186 Å². The van der Waals surface area contributed by atoms with Crippen molar-refractivity contribution < 1.29 is 13.7 Å². The van der Waals surface area contributed by atoms with Gasteiger partial charge >= 0.3 is 0 Å². The van der Waals surface area contributed by atoms with E-state index in [2.05, 4.69) is 5.16 Å². The Morgan fingerprint density at radius 1 is 0.969 bits per heavy atom. The number of benzene rings is 3. The first-order chi connectivity index (χ1) is 15.5. The Morgan fingerprint density at radius 2 is 1.81 bits per heavy atom. The Balaban J connectivity index is 1.70. The highest BCUT2D eigenvalue weighted by Crippen LogP contribution is 2.42. The van der Waals surface area contributed by atoms with Crippen molar-refractivity contribution in [1.29, 1.82) is 0 Å². The number of fused-ring (bicyclic) bond motifs is 4. The summed E-state index contributed by atoms with van der Waals surface area (Å²) in [4.78, 5) is 28.8. The molecule has 0 fully saturated rings. The first kappa shape index (κ1) is 18.8. The van der Waals surface area contributed by atoms with Crippen molar-refractivity contribution in [3.63, 3.8) is 0 Å². The van der Waals surface area contributed by atoms with Crippen LogP contribution >= 0.6 is 11.6 Å². The van der Waals surface area contributed by atoms with E-state index < -0.39 is 11.9 Å². The van der Waals surface area contributed by atoms with Crippen LogP contribution in [0.5, 0.6) is 0 Å². The molecule has 5 aromatic rings. The molecule has 0 unspecified atom stereocenters. The smallest absolute Gasteiger partial charge is 0.296 e. The minimum atomic E-state index is -0.743. The minimum Gasteiger partial charge on any atom is -0.450 e. The average molecular weight is 443 g/mol. The van der Waals surface area contributed by atoms with Crippen molar-refractivity contribution in [3.8, 4) is 0 Å². The monoisotopic (exact) mass is 442 g/mol. The third-order valence-corrected chi connectivity index (χ3v) is 6.02. The maximum Gasteiger partial charge on any atom is 0.296 e. The Bertz CT molecular complexity index is 1620. The summed E-state index contributed by atoms with van der Waals surface area (Å²) >= 11 is 6.25. The summed E-state index contributed by atoms with van der Waals surface area (Å²) in [6.07, 6.45) is 0. The average Bonchev–Trinajstić information content (AvgIpc) is 3.35. The van der Waals surface area contributed by atoms with Crippen LogP contribution in [-0.2, 0) is 0 Å².